The lowest BCUT2D eigenvalue weighted by atomic mass is 10.2. The van der Waals surface area contributed by atoms with Crippen molar-refractivity contribution in [3.63, 3.8) is 0 Å². The second-order valence-corrected chi connectivity index (χ2v) is 8.60. The fraction of sp³-hybridized carbons (Fsp3) is 0.280. The van der Waals surface area contributed by atoms with Crippen molar-refractivity contribution in [3.8, 4) is 5.75 Å². The minimum Gasteiger partial charge on any atom is -0.495 e. The Morgan fingerprint density at radius 1 is 1.15 bits per heavy atom. The molecule has 1 aliphatic carbocycles. The Hall–Kier alpha value is -3.32. The number of carbonyl (C=O) groups excluding carboxylic acids is 2. The van der Waals surface area contributed by atoms with Crippen LogP contribution in [0.25, 0.3) is 0 Å². The molecule has 3 aromatic rings. The van der Waals surface area contributed by atoms with E-state index in [1.54, 1.807) is 18.2 Å². The summed E-state index contributed by atoms with van der Waals surface area (Å²) in [6, 6.07) is 12.5. The van der Waals surface area contributed by atoms with E-state index < -0.39 is 11.7 Å². The van der Waals surface area contributed by atoms with Gasteiger partial charge in [-0.05, 0) is 60.9 Å². The minimum atomic E-state index is -0.736. The summed E-state index contributed by atoms with van der Waals surface area (Å²) in [5.74, 6) is 1.71. The van der Waals surface area contributed by atoms with Crippen LogP contribution in [0.3, 0.4) is 0 Å². The lowest BCUT2D eigenvalue weighted by Crippen LogP contribution is -2.16. The average molecular weight is 471 g/mol. The van der Waals surface area contributed by atoms with Crippen LogP contribution in [-0.4, -0.2) is 18.9 Å². The van der Waals surface area contributed by atoms with Gasteiger partial charge in [-0.25, -0.2) is 4.39 Å². The molecule has 1 heterocycles. The number of aryl methyl sites for hydroxylation is 1. The van der Waals surface area contributed by atoms with E-state index in [0.717, 1.165) is 24.0 Å². The van der Waals surface area contributed by atoms with E-state index in [1.807, 2.05) is 12.1 Å². The summed E-state index contributed by atoms with van der Waals surface area (Å²) in [6.45, 7) is 2.19. The predicted octanol–water partition coefficient (Wildman–Crippen LogP) is 6.03. The predicted molar refractivity (Wildman–Crippen MR) is 125 cm³/mol. The van der Waals surface area contributed by atoms with Gasteiger partial charge in [-0.1, -0.05) is 18.5 Å². The van der Waals surface area contributed by atoms with Crippen LogP contribution < -0.4 is 15.4 Å². The highest BCUT2D eigenvalue weighted by Gasteiger charge is 2.36. The van der Waals surface area contributed by atoms with Crippen molar-refractivity contribution >= 4 is 34.8 Å². The van der Waals surface area contributed by atoms with Crippen molar-refractivity contribution in [1.82, 2.24) is 0 Å². The Morgan fingerprint density at radius 3 is 2.64 bits per heavy atom. The lowest BCUT2D eigenvalue weighted by Gasteiger charge is -2.13. The van der Waals surface area contributed by atoms with E-state index in [2.05, 4.69) is 17.6 Å². The van der Waals surface area contributed by atoms with Crippen molar-refractivity contribution in [3.05, 3.63) is 76.5 Å². The lowest BCUT2D eigenvalue weighted by molar-refractivity contribution is -0.116. The molecule has 0 bridgehead atoms. The van der Waals surface area contributed by atoms with Crippen LogP contribution in [0.1, 0.15) is 47.6 Å². The second kappa shape index (κ2) is 9.67. The number of carbonyl (C=O) groups is 2. The number of nitrogens with one attached hydrogen (secondary N) is 2. The van der Waals surface area contributed by atoms with Crippen molar-refractivity contribution in [2.45, 2.75) is 32.1 Å². The van der Waals surface area contributed by atoms with Crippen LogP contribution >= 0.6 is 11.6 Å². The molecule has 2 unspecified atom stereocenters. The molecule has 2 N–H and O–H groups in total. The van der Waals surface area contributed by atoms with E-state index in [9.17, 15) is 14.0 Å². The van der Waals surface area contributed by atoms with E-state index in [-0.39, 0.29) is 22.9 Å². The van der Waals surface area contributed by atoms with Crippen LogP contribution in [0.5, 0.6) is 5.75 Å². The summed E-state index contributed by atoms with van der Waals surface area (Å²) in [5.41, 5.74) is 0.609. The molecular formula is C25H24ClFN2O4. The van der Waals surface area contributed by atoms with Gasteiger partial charge in [0.1, 0.15) is 23.1 Å². The third-order valence-corrected chi connectivity index (χ3v) is 5.90. The van der Waals surface area contributed by atoms with Gasteiger partial charge in [-0.2, -0.15) is 0 Å². The fourth-order valence-electron chi connectivity index (χ4n) is 3.65. The summed E-state index contributed by atoms with van der Waals surface area (Å²) < 4.78 is 25.2. The van der Waals surface area contributed by atoms with Gasteiger partial charge in [0.15, 0.2) is 0 Å². The first-order valence-electron chi connectivity index (χ1n) is 10.7. The zero-order valence-electron chi connectivity index (χ0n) is 18.3. The summed E-state index contributed by atoms with van der Waals surface area (Å²) in [6.07, 6.45) is 1.88. The molecule has 0 aliphatic heterocycles. The quantitative estimate of drug-likeness (QED) is 0.421. The average Bonchev–Trinajstić information content (AvgIpc) is 3.31. The van der Waals surface area contributed by atoms with Crippen molar-refractivity contribution in [1.29, 1.82) is 0 Å². The van der Waals surface area contributed by atoms with Crippen molar-refractivity contribution in [2.75, 3.05) is 17.7 Å². The molecule has 1 aromatic heterocycles. The number of benzene rings is 2. The Kier molecular flexibility index (Phi) is 6.70. The van der Waals surface area contributed by atoms with Gasteiger partial charge in [0.2, 0.25) is 5.91 Å². The van der Waals surface area contributed by atoms with E-state index in [4.69, 9.17) is 20.8 Å². The van der Waals surface area contributed by atoms with Gasteiger partial charge in [-0.15, -0.1) is 0 Å². The molecule has 1 fully saturated rings. The topological polar surface area (TPSA) is 80.6 Å². The van der Waals surface area contributed by atoms with Crippen molar-refractivity contribution < 1.29 is 23.1 Å². The molecule has 1 aliphatic rings. The number of amides is 2. The Labute approximate surface area is 196 Å². The van der Waals surface area contributed by atoms with Crippen molar-refractivity contribution in [2.24, 2.45) is 5.92 Å². The Balaban J connectivity index is 1.38. The molecule has 0 saturated heterocycles. The molecule has 172 valence electrons. The number of methoxy groups -OCH3 is 1. The first-order valence-corrected chi connectivity index (χ1v) is 11.0. The molecule has 0 spiro atoms. The highest BCUT2D eigenvalue weighted by molar-refractivity contribution is 6.30. The maximum Gasteiger partial charge on any atom is 0.258 e. The van der Waals surface area contributed by atoms with Crippen LogP contribution in [0.15, 0.2) is 52.9 Å². The SMILES string of the molecule is COc1ccc(NC(=O)CCc2ccc(C3CC3C)o2)cc1NC(=O)c1ccc(Cl)cc1F. The number of rotatable bonds is 8. The third kappa shape index (κ3) is 5.54. The number of ether oxygens (including phenoxy) is 1. The van der Waals surface area contributed by atoms with Crippen LogP contribution in [0, 0.1) is 11.7 Å². The molecule has 2 atom stereocenters. The third-order valence-electron chi connectivity index (χ3n) is 5.66. The first kappa shape index (κ1) is 22.9. The minimum absolute atomic E-state index is 0.158. The molecule has 6 nitrogen and oxygen atoms in total. The number of furan rings is 1. The summed E-state index contributed by atoms with van der Waals surface area (Å²) >= 11 is 5.75. The fourth-order valence-corrected chi connectivity index (χ4v) is 3.81. The number of hydrogen-bond donors (Lipinski definition) is 2. The van der Waals surface area contributed by atoms with Gasteiger partial charge < -0.3 is 19.8 Å². The molecule has 33 heavy (non-hydrogen) atoms. The number of halogens is 2. The van der Waals surface area contributed by atoms with E-state index in [1.165, 1.54) is 19.2 Å². The van der Waals surface area contributed by atoms with Gasteiger partial charge in [-0.3, -0.25) is 9.59 Å². The summed E-state index contributed by atoms with van der Waals surface area (Å²) in [5, 5.41) is 5.62. The molecule has 8 heteroatoms. The monoisotopic (exact) mass is 470 g/mol. The normalized spacial score (nSPS) is 16.8. The van der Waals surface area contributed by atoms with Crippen LogP contribution in [0.2, 0.25) is 5.02 Å². The standard InChI is InChI=1S/C25H24ClFN2O4/c1-14-11-19(14)22-9-5-17(33-22)6-10-24(30)28-16-4-8-23(32-2)21(13-16)29-25(31)18-7-3-15(26)12-20(18)27/h3-5,7-9,12-14,19H,6,10-11H2,1-2H3,(H,28,30)(H,29,31). The molecule has 2 aromatic carbocycles. The Bertz CT molecular complexity index is 1190. The van der Waals surface area contributed by atoms with Gasteiger partial charge in [0, 0.05) is 29.5 Å². The second-order valence-electron chi connectivity index (χ2n) is 8.17. The highest BCUT2D eigenvalue weighted by atomic mass is 35.5. The number of anilines is 2. The Morgan fingerprint density at radius 2 is 1.94 bits per heavy atom. The smallest absolute Gasteiger partial charge is 0.258 e. The van der Waals surface area contributed by atoms with Gasteiger partial charge in [0.25, 0.3) is 5.91 Å². The maximum atomic E-state index is 14.1. The molecule has 1 saturated carbocycles. The largest absolute Gasteiger partial charge is 0.495 e. The van der Waals surface area contributed by atoms with Crippen LogP contribution in [-0.2, 0) is 11.2 Å². The van der Waals surface area contributed by atoms with Gasteiger partial charge >= 0.3 is 0 Å². The number of hydrogen-bond acceptors (Lipinski definition) is 4. The van der Waals surface area contributed by atoms with E-state index >= 15 is 0 Å². The molecule has 4 rings (SSSR count). The summed E-state index contributed by atoms with van der Waals surface area (Å²) in [4.78, 5) is 25.0. The molecular weight excluding hydrogens is 447 g/mol. The zero-order chi connectivity index (χ0) is 23.5. The van der Waals surface area contributed by atoms with E-state index in [0.29, 0.717) is 35.4 Å². The molecule has 2 amide bonds. The zero-order valence-corrected chi connectivity index (χ0v) is 19.0. The van der Waals surface area contributed by atoms with Gasteiger partial charge in [0.05, 0.1) is 18.4 Å². The molecule has 0 radical (unpaired) electrons. The maximum absolute atomic E-state index is 14.1. The first-order chi connectivity index (χ1) is 15.8. The highest BCUT2D eigenvalue weighted by Crippen LogP contribution is 2.47. The van der Waals surface area contributed by atoms with Crippen LogP contribution in [0.4, 0.5) is 15.8 Å². The summed E-state index contributed by atoms with van der Waals surface area (Å²) in [7, 11) is 1.45.